The highest BCUT2D eigenvalue weighted by molar-refractivity contribution is 5.94. The number of carbonyl (C=O) groups is 2. The molecule has 0 aromatic carbocycles. The Morgan fingerprint density at radius 2 is 2.07 bits per heavy atom. The number of carbonyl (C=O) groups excluding carboxylic acids is 2. The lowest BCUT2D eigenvalue weighted by Crippen LogP contribution is -2.44. The predicted molar refractivity (Wildman–Crippen MR) is 99.0 cm³/mol. The SMILES string of the molecule is CCOC(=O)N1CCCCC(NC(=O)c2cnc(-c3cccnc3)nc2)C1. The van der Waals surface area contributed by atoms with E-state index >= 15 is 0 Å². The van der Waals surface area contributed by atoms with E-state index in [9.17, 15) is 9.59 Å². The summed E-state index contributed by atoms with van der Waals surface area (Å²) in [5.41, 5.74) is 1.17. The fourth-order valence-electron chi connectivity index (χ4n) is 3.00. The van der Waals surface area contributed by atoms with Crippen LogP contribution in [0.5, 0.6) is 0 Å². The van der Waals surface area contributed by atoms with E-state index in [1.54, 1.807) is 30.3 Å². The molecular weight excluding hydrogens is 346 g/mol. The molecule has 2 aromatic rings. The minimum absolute atomic E-state index is 0.123. The fraction of sp³-hybridized carbons (Fsp3) is 0.421. The summed E-state index contributed by atoms with van der Waals surface area (Å²) in [6.45, 7) is 3.21. The quantitative estimate of drug-likeness (QED) is 0.888. The molecule has 0 aliphatic carbocycles. The van der Waals surface area contributed by atoms with Gasteiger partial charge in [-0.25, -0.2) is 14.8 Å². The molecule has 1 aliphatic rings. The van der Waals surface area contributed by atoms with Gasteiger partial charge in [-0.3, -0.25) is 9.78 Å². The lowest BCUT2D eigenvalue weighted by Gasteiger charge is -2.24. The van der Waals surface area contributed by atoms with E-state index in [1.165, 1.54) is 12.4 Å². The molecule has 0 spiro atoms. The summed E-state index contributed by atoms with van der Waals surface area (Å²) in [5.74, 6) is 0.269. The average molecular weight is 369 g/mol. The third-order valence-electron chi connectivity index (χ3n) is 4.37. The van der Waals surface area contributed by atoms with Crippen molar-refractivity contribution in [3.8, 4) is 11.4 Å². The number of likely N-dealkylation sites (tertiary alicyclic amines) is 1. The topological polar surface area (TPSA) is 97.3 Å². The third-order valence-corrected chi connectivity index (χ3v) is 4.37. The van der Waals surface area contributed by atoms with E-state index in [4.69, 9.17) is 4.74 Å². The van der Waals surface area contributed by atoms with Crippen LogP contribution in [0, 0.1) is 0 Å². The van der Waals surface area contributed by atoms with Gasteiger partial charge in [0.2, 0.25) is 0 Å². The number of nitrogens with zero attached hydrogens (tertiary/aromatic N) is 4. The Bertz CT molecular complexity index is 767. The van der Waals surface area contributed by atoms with E-state index in [0.717, 1.165) is 24.8 Å². The van der Waals surface area contributed by atoms with Gasteiger partial charge in [0.05, 0.1) is 12.2 Å². The van der Waals surface area contributed by atoms with Gasteiger partial charge in [0, 0.05) is 49.5 Å². The number of amides is 2. The van der Waals surface area contributed by atoms with E-state index in [1.807, 2.05) is 6.07 Å². The number of pyridine rings is 1. The van der Waals surface area contributed by atoms with Gasteiger partial charge in [-0.1, -0.05) is 0 Å². The second-order valence-electron chi connectivity index (χ2n) is 6.35. The molecule has 1 fully saturated rings. The number of hydrogen-bond donors (Lipinski definition) is 1. The molecule has 0 bridgehead atoms. The van der Waals surface area contributed by atoms with Crippen molar-refractivity contribution in [1.29, 1.82) is 0 Å². The molecule has 3 heterocycles. The van der Waals surface area contributed by atoms with Gasteiger partial charge in [-0.05, 0) is 38.3 Å². The van der Waals surface area contributed by atoms with Crippen molar-refractivity contribution in [3.63, 3.8) is 0 Å². The van der Waals surface area contributed by atoms with Crippen molar-refractivity contribution in [2.24, 2.45) is 0 Å². The van der Waals surface area contributed by atoms with Crippen LogP contribution in [-0.4, -0.2) is 57.6 Å². The van der Waals surface area contributed by atoms with Gasteiger partial charge >= 0.3 is 6.09 Å². The van der Waals surface area contributed by atoms with Gasteiger partial charge in [0.1, 0.15) is 0 Å². The second-order valence-corrected chi connectivity index (χ2v) is 6.35. The van der Waals surface area contributed by atoms with Crippen LogP contribution in [0.25, 0.3) is 11.4 Å². The van der Waals surface area contributed by atoms with Crippen molar-refractivity contribution in [3.05, 3.63) is 42.5 Å². The molecule has 1 saturated heterocycles. The minimum atomic E-state index is -0.331. The third kappa shape index (κ3) is 4.99. The first-order valence-electron chi connectivity index (χ1n) is 9.12. The second kappa shape index (κ2) is 9.07. The number of nitrogens with one attached hydrogen (secondary N) is 1. The zero-order chi connectivity index (χ0) is 19.1. The molecule has 27 heavy (non-hydrogen) atoms. The van der Waals surface area contributed by atoms with Crippen LogP contribution in [0.15, 0.2) is 36.9 Å². The predicted octanol–water partition coefficient (Wildman–Crippen LogP) is 2.28. The summed E-state index contributed by atoms with van der Waals surface area (Å²) < 4.78 is 5.08. The summed E-state index contributed by atoms with van der Waals surface area (Å²) >= 11 is 0. The van der Waals surface area contributed by atoms with Crippen molar-refractivity contribution < 1.29 is 14.3 Å². The zero-order valence-corrected chi connectivity index (χ0v) is 15.3. The average Bonchev–Trinajstić information content (AvgIpc) is 2.94. The van der Waals surface area contributed by atoms with Crippen molar-refractivity contribution >= 4 is 12.0 Å². The van der Waals surface area contributed by atoms with E-state index < -0.39 is 0 Å². The first kappa shape index (κ1) is 18.8. The normalized spacial score (nSPS) is 17.1. The first-order valence-corrected chi connectivity index (χ1v) is 9.12. The highest BCUT2D eigenvalue weighted by Crippen LogP contribution is 2.14. The minimum Gasteiger partial charge on any atom is -0.450 e. The molecule has 1 N–H and O–H groups in total. The van der Waals surface area contributed by atoms with Crippen LogP contribution in [-0.2, 0) is 4.74 Å². The van der Waals surface area contributed by atoms with Crippen molar-refractivity contribution in [2.45, 2.75) is 32.2 Å². The van der Waals surface area contributed by atoms with Crippen LogP contribution in [0.2, 0.25) is 0 Å². The highest BCUT2D eigenvalue weighted by Gasteiger charge is 2.24. The Kier molecular flexibility index (Phi) is 6.30. The van der Waals surface area contributed by atoms with Crippen LogP contribution in [0.1, 0.15) is 36.5 Å². The molecular formula is C19H23N5O3. The Morgan fingerprint density at radius 1 is 1.26 bits per heavy atom. The zero-order valence-electron chi connectivity index (χ0n) is 15.3. The molecule has 3 rings (SSSR count). The number of hydrogen-bond acceptors (Lipinski definition) is 6. The molecule has 1 aliphatic heterocycles. The largest absolute Gasteiger partial charge is 0.450 e. The molecule has 8 heteroatoms. The number of ether oxygens (including phenoxy) is 1. The van der Waals surface area contributed by atoms with Crippen molar-refractivity contribution in [1.82, 2.24) is 25.2 Å². The lowest BCUT2D eigenvalue weighted by molar-refractivity contribution is 0.0895. The summed E-state index contributed by atoms with van der Waals surface area (Å²) in [5, 5.41) is 2.98. The summed E-state index contributed by atoms with van der Waals surface area (Å²) in [6.07, 6.45) is 8.68. The Balaban J connectivity index is 1.63. The Labute approximate surface area is 158 Å². The van der Waals surface area contributed by atoms with E-state index in [2.05, 4.69) is 20.3 Å². The number of aromatic nitrogens is 3. The van der Waals surface area contributed by atoms with Crippen LogP contribution < -0.4 is 5.32 Å². The summed E-state index contributed by atoms with van der Waals surface area (Å²) in [6, 6.07) is 3.54. The van der Waals surface area contributed by atoms with Gasteiger partial charge in [0.15, 0.2) is 5.82 Å². The smallest absolute Gasteiger partial charge is 0.409 e. The summed E-state index contributed by atoms with van der Waals surface area (Å²) in [4.78, 5) is 38.7. The van der Waals surface area contributed by atoms with E-state index in [-0.39, 0.29) is 18.0 Å². The Morgan fingerprint density at radius 3 is 2.78 bits per heavy atom. The monoisotopic (exact) mass is 369 g/mol. The number of rotatable bonds is 4. The molecule has 1 unspecified atom stereocenters. The fourth-order valence-corrected chi connectivity index (χ4v) is 3.00. The molecule has 0 radical (unpaired) electrons. The van der Waals surface area contributed by atoms with Gasteiger partial charge in [-0.15, -0.1) is 0 Å². The standard InChI is InChI=1S/C19H23N5O3/c1-2-27-19(26)24-9-4-3-7-16(13-24)23-18(25)15-11-21-17(22-12-15)14-6-5-8-20-10-14/h5-6,8,10-12,16H,2-4,7,9,13H2,1H3,(H,23,25). The molecule has 1 atom stereocenters. The van der Waals surface area contributed by atoms with Crippen molar-refractivity contribution in [2.75, 3.05) is 19.7 Å². The van der Waals surface area contributed by atoms with Crippen LogP contribution in [0.4, 0.5) is 4.79 Å². The van der Waals surface area contributed by atoms with Gasteiger partial charge < -0.3 is 15.0 Å². The van der Waals surface area contributed by atoms with Gasteiger partial charge in [-0.2, -0.15) is 0 Å². The Hall–Kier alpha value is -3.03. The molecule has 8 nitrogen and oxygen atoms in total. The van der Waals surface area contributed by atoms with Gasteiger partial charge in [0.25, 0.3) is 5.91 Å². The van der Waals surface area contributed by atoms with Crippen LogP contribution >= 0.6 is 0 Å². The van der Waals surface area contributed by atoms with Crippen LogP contribution in [0.3, 0.4) is 0 Å². The molecule has 2 amide bonds. The molecule has 142 valence electrons. The maximum absolute atomic E-state index is 12.5. The lowest BCUT2D eigenvalue weighted by atomic mass is 10.1. The maximum Gasteiger partial charge on any atom is 0.409 e. The maximum atomic E-state index is 12.5. The van der Waals surface area contributed by atoms with E-state index in [0.29, 0.717) is 31.1 Å². The summed E-state index contributed by atoms with van der Waals surface area (Å²) in [7, 11) is 0. The molecule has 0 saturated carbocycles. The first-order chi connectivity index (χ1) is 13.2. The highest BCUT2D eigenvalue weighted by atomic mass is 16.6. The molecule has 2 aromatic heterocycles.